The minimum absolute atomic E-state index is 0.0531. The van der Waals surface area contributed by atoms with Gasteiger partial charge in [0.25, 0.3) is 11.6 Å². The van der Waals surface area contributed by atoms with Crippen LogP contribution in [0.1, 0.15) is 24.2 Å². The second-order valence-electron chi connectivity index (χ2n) is 6.35. The van der Waals surface area contributed by atoms with Crippen LogP contribution in [0.5, 0.6) is 0 Å². The molecule has 5 nitrogen and oxygen atoms in total. The van der Waals surface area contributed by atoms with E-state index in [1.807, 2.05) is 31.4 Å². The molecule has 3 heterocycles. The van der Waals surface area contributed by atoms with E-state index in [1.54, 1.807) is 24.3 Å². The van der Waals surface area contributed by atoms with Crippen molar-refractivity contribution in [1.82, 2.24) is 15.5 Å². The van der Waals surface area contributed by atoms with Gasteiger partial charge in [-0.1, -0.05) is 23.4 Å². The van der Waals surface area contributed by atoms with Gasteiger partial charge in [-0.3, -0.25) is 4.79 Å². The van der Waals surface area contributed by atoms with Crippen LogP contribution in [0.2, 0.25) is 0 Å². The lowest BCUT2D eigenvalue weighted by Crippen LogP contribution is -2.30. The highest BCUT2D eigenvalue weighted by Crippen LogP contribution is 2.34. The van der Waals surface area contributed by atoms with E-state index in [4.69, 9.17) is 4.52 Å². The summed E-state index contributed by atoms with van der Waals surface area (Å²) >= 11 is 1.51. The lowest BCUT2D eigenvalue weighted by molar-refractivity contribution is 0.0944. The second-order valence-corrected chi connectivity index (χ2v) is 7.30. The van der Waals surface area contributed by atoms with Crippen molar-refractivity contribution >= 4 is 28.3 Å². The van der Waals surface area contributed by atoms with Crippen LogP contribution in [-0.4, -0.2) is 22.1 Å². The molecule has 0 fully saturated rings. The van der Waals surface area contributed by atoms with Crippen molar-refractivity contribution in [2.45, 2.75) is 19.9 Å². The van der Waals surface area contributed by atoms with E-state index in [-0.39, 0.29) is 28.9 Å². The van der Waals surface area contributed by atoms with Crippen molar-refractivity contribution in [2.24, 2.45) is 0 Å². The maximum Gasteiger partial charge on any atom is 0.259 e. The van der Waals surface area contributed by atoms with E-state index in [0.717, 1.165) is 4.88 Å². The van der Waals surface area contributed by atoms with E-state index in [9.17, 15) is 9.18 Å². The summed E-state index contributed by atoms with van der Waals surface area (Å²) in [6.45, 7) is 3.75. The molecule has 0 unspecified atom stereocenters. The molecule has 1 amide bonds. The number of amides is 1. The summed E-state index contributed by atoms with van der Waals surface area (Å²) in [5.41, 5.74) is 1.70. The number of benzene rings is 1. The zero-order chi connectivity index (χ0) is 19.0. The Morgan fingerprint density at radius 1 is 1.22 bits per heavy atom. The lowest BCUT2D eigenvalue weighted by atomic mass is 10.0. The minimum Gasteiger partial charge on any atom is -0.350 e. The molecule has 136 valence electrons. The topological polar surface area (TPSA) is 68.0 Å². The molecular weight excluding hydrogens is 365 g/mol. The molecule has 3 aromatic heterocycles. The first kappa shape index (κ1) is 17.4. The molecule has 0 aliphatic rings. The molecule has 0 bridgehead atoms. The van der Waals surface area contributed by atoms with Crippen molar-refractivity contribution < 1.29 is 13.7 Å². The lowest BCUT2D eigenvalue weighted by Gasteiger charge is -2.10. The van der Waals surface area contributed by atoms with Crippen LogP contribution in [0.25, 0.3) is 32.9 Å². The SMILES string of the molecule is CC(C)NC(=O)c1cc(-c2cccs2)nc2onc(-c3ccccc3F)c12. The van der Waals surface area contributed by atoms with Crippen molar-refractivity contribution in [3.8, 4) is 21.8 Å². The third kappa shape index (κ3) is 3.21. The summed E-state index contributed by atoms with van der Waals surface area (Å²) in [7, 11) is 0. The van der Waals surface area contributed by atoms with Crippen molar-refractivity contribution in [1.29, 1.82) is 0 Å². The van der Waals surface area contributed by atoms with Crippen molar-refractivity contribution in [3.63, 3.8) is 0 Å². The molecule has 0 aliphatic carbocycles. The standard InChI is InChI=1S/C20H16FN3O2S/c1-11(2)22-19(25)13-10-15(16-8-5-9-27-16)23-20-17(13)18(24-26-20)12-6-3-4-7-14(12)21/h3-11H,1-2H3,(H,22,25). The number of hydrogen-bond acceptors (Lipinski definition) is 5. The smallest absolute Gasteiger partial charge is 0.259 e. The van der Waals surface area contributed by atoms with Crippen LogP contribution >= 0.6 is 11.3 Å². The minimum atomic E-state index is -0.440. The molecule has 0 saturated heterocycles. The highest BCUT2D eigenvalue weighted by Gasteiger charge is 2.23. The molecule has 4 rings (SSSR count). The fourth-order valence-electron chi connectivity index (χ4n) is 2.86. The van der Waals surface area contributed by atoms with Crippen LogP contribution in [0.15, 0.2) is 52.4 Å². The van der Waals surface area contributed by atoms with Gasteiger partial charge in [0.2, 0.25) is 0 Å². The highest BCUT2D eigenvalue weighted by molar-refractivity contribution is 7.13. The number of rotatable bonds is 4. The van der Waals surface area contributed by atoms with Gasteiger partial charge in [-0.15, -0.1) is 11.3 Å². The quantitative estimate of drug-likeness (QED) is 0.546. The molecule has 0 saturated carbocycles. The largest absolute Gasteiger partial charge is 0.350 e. The van der Waals surface area contributed by atoms with Gasteiger partial charge < -0.3 is 9.84 Å². The first-order chi connectivity index (χ1) is 13.0. The van der Waals surface area contributed by atoms with E-state index >= 15 is 0 Å². The van der Waals surface area contributed by atoms with Crippen LogP contribution in [-0.2, 0) is 0 Å². The van der Waals surface area contributed by atoms with Crippen molar-refractivity contribution in [2.75, 3.05) is 0 Å². The summed E-state index contributed by atoms with van der Waals surface area (Å²) in [6.07, 6.45) is 0. The molecule has 0 atom stereocenters. The van der Waals surface area contributed by atoms with Gasteiger partial charge in [0.05, 0.1) is 21.5 Å². The van der Waals surface area contributed by atoms with Gasteiger partial charge in [-0.25, -0.2) is 9.37 Å². The summed E-state index contributed by atoms with van der Waals surface area (Å²) in [6, 6.07) is 11.7. The summed E-state index contributed by atoms with van der Waals surface area (Å²) in [5, 5.41) is 9.23. The molecule has 0 aliphatic heterocycles. The van der Waals surface area contributed by atoms with E-state index in [0.29, 0.717) is 16.6 Å². The molecule has 1 aromatic carbocycles. The van der Waals surface area contributed by atoms with Gasteiger partial charge in [0.15, 0.2) is 0 Å². The van der Waals surface area contributed by atoms with Crippen molar-refractivity contribution in [3.05, 3.63) is 59.2 Å². The fourth-order valence-corrected chi connectivity index (χ4v) is 3.54. The maximum absolute atomic E-state index is 14.3. The van der Waals surface area contributed by atoms with E-state index < -0.39 is 5.82 Å². The Hall–Kier alpha value is -3.06. The normalized spacial score (nSPS) is 11.3. The number of nitrogens with zero attached hydrogens (tertiary/aromatic N) is 2. The molecule has 0 spiro atoms. The third-order valence-electron chi connectivity index (χ3n) is 4.01. The number of nitrogens with one attached hydrogen (secondary N) is 1. The molecule has 27 heavy (non-hydrogen) atoms. The number of thiophene rings is 1. The monoisotopic (exact) mass is 381 g/mol. The predicted molar refractivity (Wildman–Crippen MR) is 103 cm³/mol. The number of hydrogen-bond donors (Lipinski definition) is 1. The highest BCUT2D eigenvalue weighted by atomic mass is 32.1. The Bertz CT molecular complexity index is 1120. The molecular formula is C20H16FN3O2S. The van der Waals surface area contributed by atoms with Gasteiger partial charge >= 0.3 is 0 Å². The predicted octanol–water partition coefficient (Wildman–Crippen LogP) is 4.90. The Morgan fingerprint density at radius 2 is 2.04 bits per heavy atom. The first-order valence-electron chi connectivity index (χ1n) is 8.44. The van der Waals surface area contributed by atoms with Gasteiger partial charge in [-0.05, 0) is 43.5 Å². The fraction of sp³-hybridized carbons (Fsp3) is 0.150. The number of halogens is 1. The van der Waals surface area contributed by atoms with Crippen LogP contribution < -0.4 is 5.32 Å². The zero-order valence-corrected chi connectivity index (χ0v) is 15.5. The molecule has 4 aromatic rings. The van der Waals surface area contributed by atoms with Crippen LogP contribution in [0.4, 0.5) is 4.39 Å². The summed E-state index contributed by atoms with van der Waals surface area (Å²) in [5.74, 6) is -0.721. The Labute approximate surface area is 158 Å². The van der Waals surface area contributed by atoms with Crippen LogP contribution in [0.3, 0.4) is 0 Å². The Kier molecular flexibility index (Phi) is 4.45. The second kappa shape index (κ2) is 6.92. The summed E-state index contributed by atoms with van der Waals surface area (Å²) in [4.78, 5) is 18.3. The molecule has 0 radical (unpaired) electrons. The van der Waals surface area contributed by atoms with Crippen LogP contribution in [0, 0.1) is 5.82 Å². The molecule has 7 heteroatoms. The number of fused-ring (bicyclic) bond motifs is 1. The average molecular weight is 381 g/mol. The molecule has 1 N–H and O–H groups in total. The Morgan fingerprint density at radius 3 is 2.74 bits per heavy atom. The average Bonchev–Trinajstić information content (AvgIpc) is 3.30. The number of aromatic nitrogens is 2. The third-order valence-corrected chi connectivity index (χ3v) is 4.91. The first-order valence-corrected chi connectivity index (χ1v) is 9.32. The van der Waals surface area contributed by atoms with Gasteiger partial charge in [0, 0.05) is 11.6 Å². The maximum atomic E-state index is 14.3. The number of carbonyl (C=O) groups is 1. The summed E-state index contributed by atoms with van der Waals surface area (Å²) < 4.78 is 19.7. The number of carbonyl (C=O) groups excluding carboxylic acids is 1. The van der Waals surface area contributed by atoms with Gasteiger partial charge in [0.1, 0.15) is 11.5 Å². The van der Waals surface area contributed by atoms with E-state index in [2.05, 4.69) is 15.5 Å². The van der Waals surface area contributed by atoms with E-state index in [1.165, 1.54) is 17.4 Å². The zero-order valence-electron chi connectivity index (χ0n) is 14.7. The number of pyridine rings is 1. The Balaban J connectivity index is 1.98. The van der Waals surface area contributed by atoms with Gasteiger partial charge in [-0.2, -0.15) is 0 Å².